The van der Waals surface area contributed by atoms with Gasteiger partial charge >= 0.3 is 5.97 Å². The molecular weight excluding hydrogens is 601 g/mol. The maximum absolute atomic E-state index is 13.2. The molecule has 0 heterocycles. The van der Waals surface area contributed by atoms with E-state index >= 15 is 0 Å². The van der Waals surface area contributed by atoms with Crippen LogP contribution in [-0.2, 0) is 16.1 Å². The lowest BCUT2D eigenvalue weighted by molar-refractivity contribution is -0.150. The first kappa shape index (κ1) is 45.6. The van der Waals surface area contributed by atoms with Gasteiger partial charge in [0, 0.05) is 6.54 Å². The summed E-state index contributed by atoms with van der Waals surface area (Å²) in [6, 6.07) is 10.1. The molecule has 0 amide bonds. The van der Waals surface area contributed by atoms with Crippen LogP contribution in [0.1, 0.15) is 199 Å². The Balaban J connectivity index is 2.19. The summed E-state index contributed by atoms with van der Waals surface area (Å²) < 4.78 is 5.83. The van der Waals surface area contributed by atoms with E-state index in [1.54, 1.807) is 0 Å². The fourth-order valence-corrected chi connectivity index (χ4v) is 7.13. The standard InChI is InChI=1S/C45H84N2O2/c1-5-7-9-11-13-15-17-19-20-22-24-26-28-33-38-46(3)39-34-40-47(4)41-44(45(48)49-42-43-35-30-29-31-36-43)37-32-27-25-23-21-18-16-14-12-10-8-6-2/h29-31,35-36,44H,5-28,32-34,37-42H2,1-4H3. The molecule has 286 valence electrons. The van der Waals surface area contributed by atoms with Gasteiger partial charge in [-0.1, -0.05) is 205 Å². The van der Waals surface area contributed by atoms with E-state index in [-0.39, 0.29) is 11.9 Å². The molecule has 1 rings (SSSR count). The molecule has 1 aromatic carbocycles. The van der Waals surface area contributed by atoms with Crippen molar-refractivity contribution in [3.05, 3.63) is 35.9 Å². The second-order valence-electron chi connectivity index (χ2n) is 15.5. The van der Waals surface area contributed by atoms with Crippen molar-refractivity contribution < 1.29 is 9.53 Å². The van der Waals surface area contributed by atoms with Gasteiger partial charge in [-0.3, -0.25) is 4.79 Å². The van der Waals surface area contributed by atoms with E-state index < -0.39 is 0 Å². The van der Waals surface area contributed by atoms with Gasteiger partial charge in [0.2, 0.25) is 0 Å². The zero-order valence-corrected chi connectivity index (χ0v) is 33.5. The second-order valence-corrected chi connectivity index (χ2v) is 15.5. The topological polar surface area (TPSA) is 32.8 Å². The van der Waals surface area contributed by atoms with E-state index in [2.05, 4.69) is 37.7 Å². The Hall–Kier alpha value is -1.39. The molecule has 4 heteroatoms. The quantitative estimate of drug-likeness (QED) is 0.0516. The van der Waals surface area contributed by atoms with Crippen LogP contribution in [0.4, 0.5) is 0 Å². The zero-order chi connectivity index (χ0) is 35.5. The third-order valence-corrected chi connectivity index (χ3v) is 10.5. The van der Waals surface area contributed by atoms with Crippen LogP contribution in [-0.4, -0.2) is 56.0 Å². The third kappa shape index (κ3) is 30.0. The van der Waals surface area contributed by atoms with Gasteiger partial charge in [-0.15, -0.1) is 0 Å². The third-order valence-electron chi connectivity index (χ3n) is 10.5. The predicted molar refractivity (Wildman–Crippen MR) is 215 cm³/mol. The van der Waals surface area contributed by atoms with Crippen molar-refractivity contribution in [3.63, 3.8) is 0 Å². The van der Waals surface area contributed by atoms with E-state index in [9.17, 15) is 4.79 Å². The molecule has 4 nitrogen and oxygen atoms in total. The summed E-state index contributed by atoms with van der Waals surface area (Å²) in [7, 11) is 4.47. The molecule has 0 aliphatic carbocycles. The smallest absolute Gasteiger partial charge is 0.310 e. The number of ether oxygens (including phenoxy) is 1. The van der Waals surface area contributed by atoms with E-state index in [0.717, 1.165) is 44.5 Å². The van der Waals surface area contributed by atoms with Crippen molar-refractivity contribution in [3.8, 4) is 0 Å². The normalized spacial score (nSPS) is 12.3. The molecule has 0 aliphatic rings. The SMILES string of the molecule is CCCCCCCCCCCCCCCCN(C)CCCN(C)CC(CCCCCCCCCCCCCC)C(=O)OCc1ccccc1. The van der Waals surface area contributed by atoms with Crippen molar-refractivity contribution in [1.82, 2.24) is 9.80 Å². The van der Waals surface area contributed by atoms with Crippen LogP contribution in [0.15, 0.2) is 30.3 Å². The van der Waals surface area contributed by atoms with Crippen molar-refractivity contribution in [2.75, 3.05) is 40.3 Å². The molecule has 1 atom stereocenters. The van der Waals surface area contributed by atoms with Gasteiger partial charge in [0.25, 0.3) is 0 Å². The predicted octanol–water partition coefficient (Wildman–Crippen LogP) is 13.2. The number of hydrogen-bond donors (Lipinski definition) is 0. The van der Waals surface area contributed by atoms with Gasteiger partial charge in [-0.2, -0.15) is 0 Å². The average molecular weight is 685 g/mol. The Morgan fingerprint density at radius 2 is 0.898 bits per heavy atom. The Bertz CT molecular complexity index is 816. The summed E-state index contributed by atoms with van der Waals surface area (Å²) in [5.41, 5.74) is 1.06. The van der Waals surface area contributed by atoms with Crippen LogP contribution in [0, 0.1) is 5.92 Å². The van der Waals surface area contributed by atoms with Gasteiger partial charge < -0.3 is 14.5 Å². The molecule has 0 radical (unpaired) electrons. The molecule has 0 N–H and O–H groups in total. The van der Waals surface area contributed by atoms with Crippen molar-refractivity contribution >= 4 is 5.97 Å². The number of hydrogen-bond acceptors (Lipinski definition) is 4. The summed E-state index contributed by atoms with van der Waals surface area (Å²) in [4.78, 5) is 18.1. The number of rotatable bonds is 37. The molecule has 49 heavy (non-hydrogen) atoms. The van der Waals surface area contributed by atoms with Crippen molar-refractivity contribution in [2.45, 2.75) is 200 Å². The minimum absolute atomic E-state index is 0.0197. The van der Waals surface area contributed by atoms with Crippen LogP contribution in [0.3, 0.4) is 0 Å². The summed E-state index contributed by atoms with van der Waals surface area (Å²) in [6.45, 7) is 9.13. The van der Waals surface area contributed by atoms with Crippen molar-refractivity contribution in [1.29, 1.82) is 0 Å². The van der Waals surface area contributed by atoms with E-state index in [1.165, 1.54) is 167 Å². The van der Waals surface area contributed by atoms with Crippen LogP contribution >= 0.6 is 0 Å². The van der Waals surface area contributed by atoms with E-state index in [0.29, 0.717) is 6.61 Å². The summed E-state index contributed by atoms with van der Waals surface area (Å²) in [5, 5.41) is 0. The molecule has 0 fully saturated rings. The fourth-order valence-electron chi connectivity index (χ4n) is 7.13. The van der Waals surface area contributed by atoms with Crippen LogP contribution in [0.5, 0.6) is 0 Å². The lowest BCUT2D eigenvalue weighted by Crippen LogP contribution is -2.33. The van der Waals surface area contributed by atoms with Gasteiger partial charge in [0.15, 0.2) is 0 Å². The average Bonchev–Trinajstić information content (AvgIpc) is 3.11. The van der Waals surface area contributed by atoms with Gasteiger partial charge in [-0.25, -0.2) is 0 Å². The molecule has 1 aromatic rings. The highest BCUT2D eigenvalue weighted by atomic mass is 16.5. The van der Waals surface area contributed by atoms with Gasteiger partial charge in [0.05, 0.1) is 5.92 Å². The maximum atomic E-state index is 13.2. The number of carbonyl (C=O) groups is 1. The first-order chi connectivity index (χ1) is 24.1. The molecule has 0 saturated carbocycles. The van der Waals surface area contributed by atoms with Crippen molar-refractivity contribution in [2.24, 2.45) is 5.92 Å². The van der Waals surface area contributed by atoms with Gasteiger partial charge in [0.1, 0.15) is 6.61 Å². The summed E-state index contributed by atoms with van der Waals surface area (Å²) in [5.74, 6) is -0.0567. The molecular formula is C45H84N2O2. The number of nitrogens with zero attached hydrogens (tertiary/aromatic N) is 2. The monoisotopic (exact) mass is 685 g/mol. The molecule has 0 aliphatic heterocycles. The Labute approximate surface area is 306 Å². The Morgan fingerprint density at radius 1 is 0.510 bits per heavy atom. The molecule has 0 aromatic heterocycles. The van der Waals surface area contributed by atoms with Crippen LogP contribution < -0.4 is 0 Å². The summed E-state index contributed by atoms with van der Waals surface area (Å²) >= 11 is 0. The maximum Gasteiger partial charge on any atom is 0.310 e. The van der Waals surface area contributed by atoms with E-state index in [1.807, 2.05) is 30.3 Å². The lowest BCUT2D eigenvalue weighted by atomic mass is 9.99. The Morgan fingerprint density at radius 3 is 1.37 bits per heavy atom. The molecule has 0 saturated heterocycles. The number of esters is 1. The van der Waals surface area contributed by atoms with E-state index in [4.69, 9.17) is 4.74 Å². The molecule has 1 unspecified atom stereocenters. The zero-order valence-electron chi connectivity index (χ0n) is 33.5. The largest absolute Gasteiger partial charge is 0.461 e. The number of unbranched alkanes of at least 4 members (excludes halogenated alkanes) is 24. The first-order valence-electron chi connectivity index (χ1n) is 21.6. The van der Waals surface area contributed by atoms with Crippen LogP contribution in [0.25, 0.3) is 0 Å². The highest BCUT2D eigenvalue weighted by molar-refractivity contribution is 5.72. The number of benzene rings is 1. The van der Waals surface area contributed by atoms with Gasteiger partial charge in [-0.05, 0) is 58.6 Å². The van der Waals surface area contributed by atoms with Crippen LogP contribution in [0.2, 0.25) is 0 Å². The lowest BCUT2D eigenvalue weighted by Gasteiger charge is -2.24. The number of carbonyl (C=O) groups excluding carboxylic acids is 1. The Kier molecular flexibility index (Phi) is 32.6. The fraction of sp³-hybridized carbons (Fsp3) is 0.844. The highest BCUT2D eigenvalue weighted by Gasteiger charge is 2.22. The molecule has 0 bridgehead atoms. The minimum atomic E-state index is -0.0369. The molecule has 0 spiro atoms. The summed E-state index contributed by atoms with van der Waals surface area (Å²) in [6.07, 6.45) is 38.0. The highest BCUT2D eigenvalue weighted by Crippen LogP contribution is 2.18. The second kappa shape index (κ2) is 35.0. The first-order valence-corrected chi connectivity index (χ1v) is 21.6. The minimum Gasteiger partial charge on any atom is -0.461 e.